The molecule has 29 heavy (non-hydrogen) atoms. The van der Waals surface area contributed by atoms with Crippen molar-refractivity contribution in [3.63, 3.8) is 0 Å². The smallest absolute Gasteiger partial charge is 0.149 e. The van der Waals surface area contributed by atoms with E-state index in [1.807, 2.05) is 12.1 Å². The Balaban J connectivity index is 1.48. The van der Waals surface area contributed by atoms with Crippen LogP contribution in [0.4, 0.5) is 4.39 Å². The van der Waals surface area contributed by atoms with Crippen LogP contribution in [0.3, 0.4) is 0 Å². The number of pyridine rings is 1. The first-order valence-corrected chi connectivity index (χ1v) is 10.9. The fourth-order valence-corrected chi connectivity index (χ4v) is 5.33. The SMILES string of the molecule is CC1(CO)Cc2nnc(C3(c4ccc(-c5ncccc5F)cc4)CC3)n2CCS1. The Morgan fingerprint density at radius 1 is 1.17 bits per heavy atom. The Morgan fingerprint density at radius 3 is 2.66 bits per heavy atom. The molecular weight excluding hydrogens is 387 g/mol. The van der Waals surface area contributed by atoms with Crippen molar-refractivity contribution < 1.29 is 9.50 Å². The average Bonchev–Trinajstić information content (AvgIpc) is 3.48. The van der Waals surface area contributed by atoms with Crippen molar-refractivity contribution in [2.45, 2.75) is 42.9 Å². The molecule has 3 heterocycles. The molecular formula is C22H23FN4OS. The highest BCUT2D eigenvalue weighted by atomic mass is 32.2. The van der Waals surface area contributed by atoms with Gasteiger partial charge in [0.15, 0.2) is 0 Å². The number of rotatable bonds is 4. The van der Waals surface area contributed by atoms with Gasteiger partial charge in [-0.3, -0.25) is 4.98 Å². The van der Waals surface area contributed by atoms with E-state index in [-0.39, 0.29) is 22.6 Å². The van der Waals surface area contributed by atoms with Gasteiger partial charge in [-0.25, -0.2) is 4.39 Å². The van der Waals surface area contributed by atoms with Gasteiger partial charge in [0.2, 0.25) is 0 Å². The van der Waals surface area contributed by atoms with Crippen LogP contribution in [0.15, 0.2) is 42.6 Å². The molecule has 1 aliphatic heterocycles. The van der Waals surface area contributed by atoms with Gasteiger partial charge in [-0.05, 0) is 37.5 Å². The van der Waals surface area contributed by atoms with Crippen molar-refractivity contribution >= 4 is 11.8 Å². The second kappa shape index (κ2) is 6.92. The number of aliphatic hydroxyl groups excluding tert-OH is 1. The van der Waals surface area contributed by atoms with Crippen LogP contribution in [0.25, 0.3) is 11.3 Å². The van der Waals surface area contributed by atoms with Crippen LogP contribution in [0.5, 0.6) is 0 Å². The maximum atomic E-state index is 14.1. The fraction of sp³-hybridized carbons (Fsp3) is 0.409. The number of halogens is 1. The molecule has 1 aliphatic carbocycles. The van der Waals surface area contributed by atoms with Crippen LogP contribution in [0.1, 0.15) is 37.0 Å². The molecule has 0 radical (unpaired) electrons. The highest BCUT2D eigenvalue weighted by Crippen LogP contribution is 2.53. The van der Waals surface area contributed by atoms with Gasteiger partial charge in [0, 0.05) is 35.2 Å². The molecule has 1 fully saturated rings. The molecule has 7 heteroatoms. The molecule has 5 rings (SSSR count). The van der Waals surface area contributed by atoms with E-state index in [2.05, 4.69) is 38.8 Å². The van der Waals surface area contributed by atoms with Crippen LogP contribution in [0.2, 0.25) is 0 Å². The van der Waals surface area contributed by atoms with Crippen LogP contribution in [0, 0.1) is 5.82 Å². The molecule has 0 spiro atoms. The summed E-state index contributed by atoms with van der Waals surface area (Å²) in [6.45, 7) is 3.08. The standard InChI is InChI=1S/C22H23FN4OS/c1-21(14-28)13-18-25-26-20(27(18)11-12-29-21)22(8-9-22)16-6-4-15(5-7-16)19-17(23)3-2-10-24-19/h2-7,10,28H,8-9,11-14H2,1H3. The zero-order chi connectivity index (χ0) is 20.1. The van der Waals surface area contributed by atoms with Crippen LogP contribution in [-0.2, 0) is 18.4 Å². The molecule has 0 bridgehead atoms. The van der Waals surface area contributed by atoms with Crippen molar-refractivity contribution in [1.82, 2.24) is 19.7 Å². The Bertz CT molecular complexity index is 1050. The summed E-state index contributed by atoms with van der Waals surface area (Å²) in [6, 6.07) is 11.1. The molecule has 3 aromatic rings. The van der Waals surface area contributed by atoms with Gasteiger partial charge in [-0.2, -0.15) is 11.8 Å². The summed E-state index contributed by atoms with van der Waals surface area (Å²) in [5, 5.41) is 18.9. The average molecular weight is 411 g/mol. The van der Waals surface area contributed by atoms with Gasteiger partial charge >= 0.3 is 0 Å². The lowest BCUT2D eigenvalue weighted by Crippen LogP contribution is -2.28. The number of nitrogens with zero attached hydrogens (tertiary/aromatic N) is 4. The van der Waals surface area contributed by atoms with Crippen molar-refractivity contribution in [3.8, 4) is 11.3 Å². The van der Waals surface area contributed by atoms with E-state index in [4.69, 9.17) is 0 Å². The van der Waals surface area contributed by atoms with E-state index < -0.39 is 0 Å². The summed E-state index contributed by atoms with van der Waals surface area (Å²) in [5.74, 6) is 2.60. The van der Waals surface area contributed by atoms with Crippen molar-refractivity contribution in [2.75, 3.05) is 12.4 Å². The van der Waals surface area contributed by atoms with Gasteiger partial charge in [0.05, 0.1) is 12.0 Å². The van der Waals surface area contributed by atoms with E-state index in [0.717, 1.165) is 48.8 Å². The lowest BCUT2D eigenvalue weighted by Gasteiger charge is -2.23. The minimum absolute atomic E-state index is 0.114. The van der Waals surface area contributed by atoms with E-state index in [1.165, 1.54) is 11.6 Å². The zero-order valence-electron chi connectivity index (χ0n) is 16.3. The quantitative estimate of drug-likeness (QED) is 0.712. The van der Waals surface area contributed by atoms with Crippen LogP contribution >= 0.6 is 11.8 Å². The van der Waals surface area contributed by atoms with Crippen molar-refractivity contribution in [2.24, 2.45) is 0 Å². The fourth-order valence-electron chi connectivity index (χ4n) is 4.24. The van der Waals surface area contributed by atoms with Gasteiger partial charge in [-0.15, -0.1) is 10.2 Å². The first kappa shape index (κ1) is 18.8. The Kier molecular flexibility index (Phi) is 4.47. The minimum Gasteiger partial charge on any atom is -0.395 e. The molecule has 1 atom stereocenters. The predicted octanol–water partition coefficient (Wildman–Crippen LogP) is 3.60. The first-order valence-electron chi connectivity index (χ1n) is 9.93. The normalized spacial score (nSPS) is 22.7. The minimum atomic E-state index is -0.311. The zero-order valence-corrected chi connectivity index (χ0v) is 17.1. The highest BCUT2D eigenvalue weighted by molar-refractivity contribution is 8.00. The summed E-state index contributed by atoms with van der Waals surface area (Å²) >= 11 is 1.80. The third-order valence-corrected chi connectivity index (χ3v) is 7.46. The van der Waals surface area contributed by atoms with Gasteiger partial charge < -0.3 is 9.67 Å². The molecule has 2 aliphatic rings. The lowest BCUT2D eigenvalue weighted by molar-refractivity contribution is 0.254. The number of fused-ring (bicyclic) bond motifs is 1. The summed E-state index contributed by atoms with van der Waals surface area (Å²) in [6.07, 6.45) is 4.40. The number of aliphatic hydroxyl groups is 1. The third kappa shape index (κ3) is 3.16. The number of hydrogen-bond donors (Lipinski definition) is 1. The van der Waals surface area contributed by atoms with Crippen molar-refractivity contribution in [3.05, 3.63) is 65.6 Å². The predicted molar refractivity (Wildman–Crippen MR) is 111 cm³/mol. The second-order valence-corrected chi connectivity index (χ2v) is 9.90. The lowest BCUT2D eigenvalue weighted by atomic mass is 9.93. The summed E-state index contributed by atoms with van der Waals surface area (Å²) in [5.41, 5.74) is 2.23. The highest BCUT2D eigenvalue weighted by Gasteiger charge is 2.50. The molecule has 1 aromatic carbocycles. The Labute approximate surface area is 173 Å². The number of hydrogen-bond acceptors (Lipinski definition) is 5. The molecule has 1 N–H and O–H groups in total. The molecule has 1 saturated carbocycles. The molecule has 2 aromatic heterocycles. The molecule has 0 amide bonds. The topological polar surface area (TPSA) is 63.8 Å². The van der Waals surface area contributed by atoms with E-state index in [9.17, 15) is 9.50 Å². The Morgan fingerprint density at radius 2 is 1.97 bits per heavy atom. The monoisotopic (exact) mass is 410 g/mol. The Hall–Kier alpha value is -2.25. The summed E-state index contributed by atoms with van der Waals surface area (Å²) < 4.78 is 16.1. The van der Waals surface area contributed by atoms with E-state index >= 15 is 0 Å². The van der Waals surface area contributed by atoms with Gasteiger partial charge in [0.1, 0.15) is 23.2 Å². The number of benzene rings is 1. The van der Waals surface area contributed by atoms with E-state index in [0.29, 0.717) is 5.69 Å². The maximum Gasteiger partial charge on any atom is 0.149 e. The van der Waals surface area contributed by atoms with Gasteiger partial charge in [0.25, 0.3) is 0 Å². The number of aromatic nitrogens is 4. The second-order valence-electron chi connectivity index (χ2n) is 8.22. The largest absolute Gasteiger partial charge is 0.395 e. The molecule has 5 nitrogen and oxygen atoms in total. The molecule has 150 valence electrons. The van der Waals surface area contributed by atoms with Gasteiger partial charge in [-0.1, -0.05) is 24.3 Å². The van der Waals surface area contributed by atoms with Crippen LogP contribution in [-0.4, -0.2) is 42.0 Å². The molecule has 0 saturated heterocycles. The molecule has 1 unspecified atom stereocenters. The summed E-state index contributed by atoms with van der Waals surface area (Å²) in [7, 11) is 0. The van der Waals surface area contributed by atoms with Crippen LogP contribution < -0.4 is 0 Å². The van der Waals surface area contributed by atoms with E-state index in [1.54, 1.807) is 24.0 Å². The number of thioether (sulfide) groups is 1. The maximum absolute atomic E-state index is 14.1. The first-order chi connectivity index (χ1) is 14.0. The van der Waals surface area contributed by atoms with Crippen molar-refractivity contribution in [1.29, 1.82) is 0 Å². The summed E-state index contributed by atoms with van der Waals surface area (Å²) in [4.78, 5) is 4.17. The third-order valence-electron chi connectivity index (χ3n) is 6.11.